The molecule has 0 bridgehead atoms. The van der Waals surface area contributed by atoms with Crippen LogP contribution in [-0.2, 0) is 16.1 Å². The number of carbonyl (C=O) groups is 2. The molecule has 0 aromatic carbocycles. The van der Waals surface area contributed by atoms with Crippen LogP contribution < -0.4 is 10.6 Å². The second-order valence-corrected chi connectivity index (χ2v) is 8.59. The number of rotatable bonds is 10. The topological polar surface area (TPSA) is 121 Å². The van der Waals surface area contributed by atoms with Gasteiger partial charge >= 0.3 is 0 Å². The van der Waals surface area contributed by atoms with Gasteiger partial charge < -0.3 is 25.0 Å². The van der Waals surface area contributed by atoms with Crippen molar-refractivity contribution in [3.63, 3.8) is 0 Å². The zero-order valence-electron chi connectivity index (χ0n) is 19.1. The zero-order chi connectivity index (χ0) is 23.3. The molecule has 3 aromatic rings. The molecule has 11 nitrogen and oxygen atoms in total. The molecule has 11 heteroatoms. The quantitative estimate of drug-likeness (QED) is 0.438. The zero-order valence-corrected chi connectivity index (χ0v) is 19.1. The molecule has 0 saturated carbocycles. The molecular weight excluding hydrogens is 434 g/mol. The van der Waals surface area contributed by atoms with E-state index in [-0.39, 0.29) is 11.8 Å². The summed E-state index contributed by atoms with van der Waals surface area (Å²) in [4.78, 5) is 45.9. The minimum atomic E-state index is 0.204. The second-order valence-electron chi connectivity index (χ2n) is 8.59. The molecule has 5 heterocycles. The molecule has 2 aliphatic heterocycles. The first-order valence-corrected chi connectivity index (χ1v) is 11.9. The highest BCUT2D eigenvalue weighted by Gasteiger charge is 2.21. The number of hydrogen-bond donors (Lipinski definition) is 2. The normalized spacial score (nSPS) is 16.1. The van der Waals surface area contributed by atoms with Crippen LogP contribution in [-0.4, -0.2) is 78.8 Å². The van der Waals surface area contributed by atoms with E-state index in [9.17, 15) is 9.59 Å². The fraction of sp³-hybridized carbons (Fsp3) is 0.478. The van der Waals surface area contributed by atoms with Crippen molar-refractivity contribution in [1.29, 1.82) is 0 Å². The van der Waals surface area contributed by atoms with E-state index in [1.807, 2.05) is 32.6 Å². The third-order valence-electron chi connectivity index (χ3n) is 6.22. The molecule has 0 unspecified atom stereocenters. The van der Waals surface area contributed by atoms with Crippen LogP contribution >= 0.6 is 0 Å². The minimum Gasteiger partial charge on any atom is -0.368 e. The summed E-state index contributed by atoms with van der Waals surface area (Å²) in [5.74, 6) is 2.14. The van der Waals surface area contributed by atoms with Gasteiger partial charge in [0.2, 0.25) is 17.8 Å². The van der Waals surface area contributed by atoms with Gasteiger partial charge in [-0.1, -0.05) is 6.07 Å². The number of carbonyl (C=O) groups excluding carboxylic acids is 2. The summed E-state index contributed by atoms with van der Waals surface area (Å²) in [6.45, 7) is 4.28. The van der Waals surface area contributed by atoms with Crippen molar-refractivity contribution in [2.24, 2.45) is 0 Å². The van der Waals surface area contributed by atoms with Crippen molar-refractivity contribution in [3.8, 4) is 0 Å². The van der Waals surface area contributed by atoms with E-state index in [2.05, 4.69) is 25.6 Å². The molecule has 34 heavy (non-hydrogen) atoms. The first kappa shape index (κ1) is 22.1. The van der Waals surface area contributed by atoms with Crippen molar-refractivity contribution >= 4 is 40.6 Å². The lowest BCUT2D eigenvalue weighted by molar-refractivity contribution is -0.128. The molecule has 0 spiro atoms. The molecule has 0 atom stereocenters. The monoisotopic (exact) mass is 463 g/mol. The predicted octanol–water partition coefficient (Wildman–Crippen LogP) is 2.01. The summed E-state index contributed by atoms with van der Waals surface area (Å²) >= 11 is 0. The van der Waals surface area contributed by atoms with Gasteiger partial charge in [0, 0.05) is 58.3 Å². The standard InChI is InChI=1S/C23H29N9O2/c33-18-7-3-11-30(18)13-5-10-25-21-20-22(29-23(28-21)27-17-6-1-2-9-24-17)32(16-26-20)15-14-31-12-4-8-19(31)34/h1-2,6,9,16H,3-5,7-8,10-15H2,(H2,24,25,27,28,29). The SMILES string of the molecule is O=C1CCCN1CCCNc1nc(Nc2ccccn2)nc2c1ncn2CCN1CCCC1=O. The summed E-state index contributed by atoms with van der Waals surface area (Å²) in [6.07, 6.45) is 7.42. The fourth-order valence-corrected chi connectivity index (χ4v) is 4.42. The smallest absolute Gasteiger partial charge is 0.232 e. The highest BCUT2D eigenvalue weighted by atomic mass is 16.2. The van der Waals surface area contributed by atoms with E-state index in [1.165, 1.54) is 0 Å². The summed E-state index contributed by atoms with van der Waals surface area (Å²) in [7, 11) is 0. The molecule has 178 valence electrons. The van der Waals surface area contributed by atoms with Crippen molar-refractivity contribution in [1.82, 2.24) is 34.3 Å². The number of anilines is 3. The lowest BCUT2D eigenvalue weighted by Gasteiger charge is -2.16. The number of amides is 2. The largest absolute Gasteiger partial charge is 0.368 e. The molecule has 2 N–H and O–H groups in total. The van der Waals surface area contributed by atoms with E-state index < -0.39 is 0 Å². The summed E-state index contributed by atoms with van der Waals surface area (Å²) in [5.41, 5.74) is 1.37. The maximum atomic E-state index is 12.0. The average Bonchev–Trinajstić information content (AvgIpc) is 3.56. The molecule has 0 radical (unpaired) electrons. The molecule has 5 rings (SSSR count). The Morgan fingerprint density at radius 1 is 0.912 bits per heavy atom. The molecule has 2 saturated heterocycles. The van der Waals surface area contributed by atoms with Gasteiger partial charge in [0.1, 0.15) is 5.82 Å². The van der Waals surface area contributed by atoms with Gasteiger partial charge in [-0.05, 0) is 31.4 Å². The summed E-state index contributed by atoms with van der Waals surface area (Å²) in [6, 6.07) is 5.59. The van der Waals surface area contributed by atoms with Crippen LogP contribution in [0.2, 0.25) is 0 Å². The third kappa shape index (κ3) is 4.92. The summed E-state index contributed by atoms with van der Waals surface area (Å²) in [5, 5.41) is 6.55. The molecule has 0 aliphatic carbocycles. The number of aromatic nitrogens is 5. The number of nitrogens with zero attached hydrogens (tertiary/aromatic N) is 7. The number of imidazole rings is 1. The van der Waals surface area contributed by atoms with Gasteiger partial charge in [0.25, 0.3) is 0 Å². The number of pyridine rings is 1. The van der Waals surface area contributed by atoms with Crippen LogP contribution in [0.1, 0.15) is 32.1 Å². The van der Waals surface area contributed by atoms with Crippen LogP contribution in [0.15, 0.2) is 30.7 Å². The fourth-order valence-electron chi connectivity index (χ4n) is 4.42. The van der Waals surface area contributed by atoms with Gasteiger partial charge in [0.05, 0.1) is 6.33 Å². The van der Waals surface area contributed by atoms with Gasteiger partial charge in [-0.15, -0.1) is 0 Å². The Hall–Kier alpha value is -3.76. The Kier molecular flexibility index (Phi) is 6.50. The van der Waals surface area contributed by atoms with E-state index in [1.54, 1.807) is 12.5 Å². The van der Waals surface area contributed by atoms with Crippen molar-refractivity contribution in [2.45, 2.75) is 38.6 Å². The van der Waals surface area contributed by atoms with E-state index in [4.69, 9.17) is 4.98 Å². The highest BCUT2D eigenvalue weighted by molar-refractivity contribution is 5.84. The second kappa shape index (κ2) is 10.0. The van der Waals surface area contributed by atoms with Crippen LogP contribution in [0.25, 0.3) is 11.2 Å². The lowest BCUT2D eigenvalue weighted by atomic mass is 10.3. The lowest BCUT2D eigenvalue weighted by Crippen LogP contribution is -2.28. The van der Waals surface area contributed by atoms with Crippen LogP contribution in [0.5, 0.6) is 0 Å². The van der Waals surface area contributed by atoms with Gasteiger partial charge in [0.15, 0.2) is 17.0 Å². The number of fused-ring (bicyclic) bond motifs is 1. The van der Waals surface area contributed by atoms with Gasteiger partial charge in [-0.3, -0.25) is 9.59 Å². The average molecular weight is 464 g/mol. The van der Waals surface area contributed by atoms with Crippen LogP contribution in [0.3, 0.4) is 0 Å². The van der Waals surface area contributed by atoms with Crippen molar-refractivity contribution < 1.29 is 9.59 Å². The van der Waals surface area contributed by atoms with Crippen LogP contribution in [0.4, 0.5) is 17.6 Å². The highest BCUT2D eigenvalue weighted by Crippen LogP contribution is 2.23. The van der Waals surface area contributed by atoms with Gasteiger partial charge in [-0.25, -0.2) is 9.97 Å². The minimum absolute atomic E-state index is 0.204. The maximum absolute atomic E-state index is 12.0. The first-order chi connectivity index (χ1) is 16.7. The third-order valence-corrected chi connectivity index (χ3v) is 6.22. The van der Waals surface area contributed by atoms with Crippen LogP contribution in [0, 0.1) is 0 Å². The Morgan fingerprint density at radius 3 is 2.41 bits per heavy atom. The molecule has 3 aromatic heterocycles. The first-order valence-electron chi connectivity index (χ1n) is 11.9. The van der Waals surface area contributed by atoms with Gasteiger partial charge in [-0.2, -0.15) is 9.97 Å². The molecular formula is C23H29N9O2. The Bertz CT molecular complexity index is 1160. The van der Waals surface area contributed by atoms with E-state index in [0.29, 0.717) is 61.2 Å². The van der Waals surface area contributed by atoms with Crippen molar-refractivity contribution in [3.05, 3.63) is 30.7 Å². The number of likely N-dealkylation sites (tertiary alicyclic amines) is 2. The Labute approximate surface area is 197 Å². The van der Waals surface area contributed by atoms with E-state index in [0.717, 1.165) is 38.9 Å². The van der Waals surface area contributed by atoms with Crippen molar-refractivity contribution in [2.75, 3.05) is 43.4 Å². The number of hydrogen-bond acceptors (Lipinski definition) is 8. The molecule has 2 aliphatic rings. The molecule has 2 amide bonds. The number of nitrogens with one attached hydrogen (secondary N) is 2. The van der Waals surface area contributed by atoms with E-state index >= 15 is 0 Å². The maximum Gasteiger partial charge on any atom is 0.232 e. The summed E-state index contributed by atoms with van der Waals surface area (Å²) < 4.78 is 1.96. The Morgan fingerprint density at radius 2 is 1.71 bits per heavy atom. The Balaban J connectivity index is 1.33. The predicted molar refractivity (Wildman–Crippen MR) is 128 cm³/mol. The molecule has 2 fully saturated rings.